The van der Waals surface area contributed by atoms with E-state index in [0.717, 1.165) is 0 Å². The minimum absolute atomic E-state index is 0.330. The Kier molecular flexibility index (Phi) is 4.24. The molecule has 6 heteroatoms. The molecule has 0 aliphatic carbocycles. The summed E-state index contributed by atoms with van der Waals surface area (Å²) in [6, 6.07) is 0. The van der Waals surface area contributed by atoms with E-state index in [9.17, 15) is 15.3 Å². The van der Waals surface area contributed by atoms with Gasteiger partial charge < -0.3 is 29.9 Å². The van der Waals surface area contributed by atoms with Crippen LogP contribution in [-0.4, -0.2) is 64.3 Å². The molecule has 1 fully saturated rings. The van der Waals surface area contributed by atoms with E-state index in [2.05, 4.69) is 0 Å². The van der Waals surface area contributed by atoms with Crippen molar-refractivity contribution < 1.29 is 29.9 Å². The van der Waals surface area contributed by atoms with Crippen LogP contribution in [0, 0.1) is 0 Å². The van der Waals surface area contributed by atoms with E-state index >= 15 is 0 Å². The Balaban J connectivity index is 2.57. The molecule has 0 aromatic rings. The fraction of sp³-hybridized carbons (Fsp3) is 1.00. The molecule has 5 atom stereocenters. The summed E-state index contributed by atoms with van der Waals surface area (Å²) in [5, 5.41) is 36.7. The normalized spacial score (nSPS) is 40.1. The number of ether oxygens (including phenoxy) is 2. The van der Waals surface area contributed by atoms with Gasteiger partial charge >= 0.3 is 0 Å². The molecule has 1 aliphatic rings. The van der Waals surface area contributed by atoms with Gasteiger partial charge in [-0.15, -0.1) is 0 Å². The lowest BCUT2D eigenvalue weighted by Crippen LogP contribution is -2.40. The molecule has 0 spiro atoms. The first kappa shape index (κ1) is 11.8. The topological polar surface area (TPSA) is 99.4 Å². The first-order valence-corrected chi connectivity index (χ1v) is 4.54. The first-order chi connectivity index (χ1) is 6.61. The van der Waals surface area contributed by atoms with Crippen LogP contribution < -0.4 is 0 Å². The number of hydrogen-bond acceptors (Lipinski definition) is 6. The molecule has 4 N–H and O–H groups in total. The highest BCUT2D eigenvalue weighted by Crippen LogP contribution is 2.24. The minimum atomic E-state index is -1.24. The van der Waals surface area contributed by atoms with Crippen LogP contribution in [0.25, 0.3) is 0 Å². The highest BCUT2D eigenvalue weighted by molar-refractivity contribution is 4.90. The van der Waals surface area contributed by atoms with Crippen LogP contribution in [-0.2, 0) is 9.47 Å². The van der Waals surface area contributed by atoms with E-state index in [1.54, 1.807) is 6.92 Å². The monoisotopic (exact) mass is 208 g/mol. The second-order valence-corrected chi connectivity index (χ2v) is 3.16. The summed E-state index contributed by atoms with van der Waals surface area (Å²) in [5.74, 6) is 0. The average molecular weight is 208 g/mol. The van der Waals surface area contributed by atoms with Gasteiger partial charge in [0.1, 0.15) is 24.4 Å². The van der Waals surface area contributed by atoms with Crippen LogP contribution in [0.1, 0.15) is 6.92 Å². The van der Waals surface area contributed by atoms with Gasteiger partial charge in [-0.3, -0.25) is 0 Å². The smallest absolute Gasteiger partial charge is 0.186 e. The van der Waals surface area contributed by atoms with Crippen molar-refractivity contribution in [2.75, 3.05) is 13.2 Å². The number of aliphatic hydroxyl groups excluding tert-OH is 4. The van der Waals surface area contributed by atoms with Gasteiger partial charge in [-0.2, -0.15) is 0 Å². The van der Waals surface area contributed by atoms with E-state index in [-0.39, 0.29) is 0 Å². The predicted octanol–water partition coefficient (Wildman–Crippen LogP) is -2.18. The molecule has 0 radical (unpaired) electrons. The molecule has 6 nitrogen and oxygen atoms in total. The molecule has 1 aliphatic heterocycles. The van der Waals surface area contributed by atoms with Crippen molar-refractivity contribution >= 4 is 0 Å². The number of aliphatic hydroxyl groups is 4. The van der Waals surface area contributed by atoms with Crippen LogP contribution in [0.3, 0.4) is 0 Å². The SMILES string of the molecule is CCO[C@@H]1O[C@@H]([C@@H](O)CO)[C@@H](O)[C@H]1O. The maximum atomic E-state index is 9.43. The quantitative estimate of drug-likeness (QED) is 0.419. The van der Waals surface area contributed by atoms with Crippen molar-refractivity contribution in [2.45, 2.75) is 37.6 Å². The van der Waals surface area contributed by atoms with Crippen molar-refractivity contribution in [1.82, 2.24) is 0 Å². The lowest BCUT2D eigenvalue weighted by molar-refractivity contribution is -0.178. The van der Waals surface area contributed by atoms with E-state index < -0.39 is 37.3 Å². The van der Waals surface area contributed by atoms with Crippen molar-refractivity contribution in [2.24, 2.45) is 0 Å². The lowest BCUT2D eigenvalue weighted by Gasteiger charge is -2.18. The van der Waals surface area contributed by atoms with Gasteiger partial charge in [0.2, 0.25) is 0 Å². The van der Waals surface area contributed by atoms with E-state index in [1.807, 2.05) is 0 Å². The third-order valence-electron chi connectivity index (χ3n) is 2.15. The van der Waals surface area contributed by atoms with Gasteiger partial charge in [0.05, 0.1) is 6.61 Å². The molecule has 0 amide bonds. The molecule has 1 saturated heterocycles. The summed E-state index contributed by atoms with van der Waals surface area (Å²) >= 11 is 0. The Bertz CT molecular complexity index is 173. The second-order valence-electron chi connectivity index (χ2n) is 3.16. The molecule has 1 rings (SSSR count). The molecule has 0 aromatic carbocycles. The van der Waals surface area contributed by atoms with Crippen LogP contribution >= 0.6 is 0 Å². The molecule has 84 valence electrons. The zero-order valence-corrected chi connectivity index (χ0v) is 7.91. The van der Waals surface area contributed by atoms with Gasteiger partial charge in [-0.25, -0.2) is 0 Å². The Hall–Kier alpha value is -0.240. The molecular weight excluding hydrogens is 192 g/mol. The summed E-state index contributed by atoms with van der Waals surface area (Å²) in [6.07, 6.45) is -5.60. The van der Waals surface area contributed by atoms with Crippen molar-refractivity contribution in [1.29, 1.82) is 0 Å². The second kappa shape index (κ2) is 5.01. The summed E-state index contributed by atoms with van der Waals surface area (Å²) in [4.78, 5) is 0. The van der Waals surface area contributed by atoms with Gasteiger partial charge in [0.25, 0.3) is 0 Å². The highest BCUT2D eigenvalue weighted by Gasteiger charge is 2.46. The van der Waals surface area contributed by atoms with E-state index in [4.69, 9.17) is 14.6 Å². The summed E-state index contributed by atoms with van der Waals surface area (Å²) in [6.45, 7) is 1.52. The Labute approximate surface area is 81.7 Å². The maximum Gasteiger partial charge on any atom is 0.186 e. The largest absolute Gasteiger partial charge is 0.394 e. The molecule has 0 aromatic heterocycles. The van der Waals surface area contributed by atoms with Gasteiger partial charge in [0.15, 0.2) is 6.29 Å². The molecular formula is C8H16O6. The van der Waals surface area contributed by atoms with Crippen LogP contribution in [0.5, 0.6) is 0 Å². The Morgan fingerprint density at radius 3 is 2.50 bits per heavy atom. The molecule has 0 unspecified atom stereocenters. The zero-order chi connectivity index (χ0) is 10.7. The molecule has 0 bridgehead atoms. The number of hydrogen-bond donors (Lipinski definition) is 4. The summed E-state index contributed by atoms with van der Waals surface area (Å²) in [5.41, 5.74) is 0. The lowest BCUT2D eigenvalue weighted by atomic mass is 10.1. The summed E-state index contributed by atoms with van der Waals surface area (Å²) in [7, 11) is 0. The standard InChI is InChI=1S/C8H16O6/c1-2-13-8-6(12)5(11)7(14-8)4(10)3-9/h4-12H,2-3H2,1H3/t4-,5-,6+,7-,8+/m0/s1. The van der Waals surface area contributed by atoms with Crippen LogP contribution in [0.2, 0.25) is 0 Å². The van der Waals surface area contributed by atoms with Crippen LogP contribution in [0.15, 0.2) is 0 Å². The molecule has 14 heavy (non-hydrogen) atoms. The highest BCUT2D eigenvalue weighted by atomic mass is 16.7. The fourth-order valence-electron chi connectivity index (χ4n) is 1.40. The number of rotatable bonds is 4. The average Bonchev–Trinajstić information content (AvgIpc) is 2.46. The van der Waals surface area contributed by atoms with Crippen molar-refractivity contribution in [3.63, 3.8) is 0 Å². The van der Waals surface area contributed by atoms with Gasteiger partial charge in [-0.1, -0.05) is 0 Å². The van der Waals surface area contributed by atoms with Crippen molar-refractivity contribution in [3.05, 3.63) is 0 Å². The van der Waals surface area contributed by atoms with Gasteiger partial charge in [-0.05, 0) is 6.92 Å². The maximum absolute atomic E-state index is 9.43. The Morgan fingerprint density at radius 1 is 1.36 bits per heavy atom. The zero-order valence-electron chi connectivity index (χ0n) is 7.91. The summed E-state index contributed by atoms with van der Waals surface area (Å²) < 4.78 is 10.0. The third-order valence-corrected chi connectivity index (χ3v) is 2.15. The molecule has 1 heterocycles. The molecule has 0 saturated carbocycles. The van der Waals surface area contributed by atoms with Crippen molar-refractivity contribution in [3.8, 4) is 0 Å². The van der Waals surface area contributed by atoms with Gasteiger partial charge in [0, 0.05) is 6.61 Å². The first-order valence-electron chi connectivity index (χ1n) is 4.54. The fourth-order valence-corrected chi connectivity index (χ4v) is 1.40. The predicted molar refractivity (Wildman–Crippen MR) is 45.4 cm³/mol. The van der Waals surface area contributed by atoms with Crippen LogP contribution in [0.4, 0.5) is 0 Å². The Morgan fingerprint density at radius 2 is 2.00 bits per heavy atom. The van der Waals surface area contributed by atoms with E-state index in [0.29, 0.717) is 6.61 Å². The third kappa shape index (κ3) is 2.22. The minimum Gasteiger partial charge on any atom is -0.394 e. The van der Waals surface area contributed by atoms with E-state index in [1.165, 1.54) is 0 Å².